The second kappa shape index (κ2) is 18.3. The van der Waals surface area contributed by atoms with Crippen LogP contribution >= 0.6 is 0 Å². The van der Waals surface area contributed by atoms with Crippen LogP contribution in [0.5, 0.6) is 0 Å². The molecule has 0 N–H and O–H groups in total. The summed E-state index contributed by atoms with van der Waals surface area (Å²) in [6.45, 7) is 0. The van der Waals surface area contributed by atoms with Crippen LogP contribution in [0.3, 0.4) is 0 Å². The predicted molar refractivity (Wildman–Crippen MR) is 154 cm³/mol. The monoisotopic (exact) mass is 739 g/mol. The van der Waals surface area contributed by atoms with Crippen LogP contribution in [0, 0.1) is 10.1 Å². The molecule has 0 aromatic heterocycles. The molecule has 0 unspecified atom stereocenters. The zero-order valence-electron chi connectivity index (χ0n) is 25.2. The smallest absolute Gasteiger partial charge is 0.744 e. The summed E-state index contributed by atoms with van der Waals surface area (Å²) in [5, 5.41) is 26.8. The molecule has 0 heterocycles. The van der Waals surface area contributed by atoms with Crippen molar-refractivity contribution >= 4 is 70.9 Å². The second-order valence-corrected chi connectivity index (χ2v) is 12.9. The van der Waals surface area contributed by atoms with E-state index in [0.29, 0.717) is 17.4 Å². The molecule has 0 aliphatic carbocycles. The number of azo groups is 2. The van der Waals surface area contributed by atoms with Crippen molar-refractivity contribution < 1.29 is 133 Å². The molecule has 0 aliphatic heterocycles. The number of nitro benzene ring substituents is 1. The first kappa shape index (κ1) is 44.0. The topological polar surface area (TPSA) is 264 Å². The maximum Gasteiger partial charge on any atom is 1.00 e. The molecule has 0 amide bonds. The Balaban J connectivity index is 0.00000384. The number of nitrogens with zero attached hydrogens (tertiary/aromatic N) is 5. The Hall–Kier alpha value is -2.05. The van der Waals surface area contributed by atoms with Gasteiger partial charge in [0.1, 0.15) is 30.4 Å². The Labute approximate surface area is 340 Å². The Bertz CT molecular complexity index is 2220. The van der Waals surface area contributed by atoms with Crippen molar-refractivity contribution in [1.29, 1.82) is 0 Å². The molecule has 0 aliphatic rings. The maximum atomic E-state index is 12.0. The van der Waals surface area contributed by atoms with Gasteiger partial charge in [-0.05, 0) is 77.9 Å². The van der Waals surface area contributed by atoms with Crippen LogP contribution in [0.15, 0.2) is 120 Å². The van der Waals surface area contributed by atoms with Crippen molar-refractivity contribution in [3.8, 4) is 0 Å². The van der Waals surface area contributed by atoms with Crippen molar-refractivity contribution in [2.75, 3.05) is 0 Å². The quantitative estimate of drug-likeness (QED) is 0.0382. The zero-order chi connectivity index (χ0) is 33.0. The molecule has 48 heavy (non-hydrogen) atoms. The van der Waals surface area contributed by atoms with E-state index in [2.05, 4.69) is 20.5 Å². The van der Waals surface area contributed by atoms with Gasteiger partial charge in [0.15, 0.2) is 0 Å². The van der Waals surface area contributed by atoms with Crippen molar-refractivity contribution in [2.45, 2.75) is 14.7 Å². The van der Waals surface area contributed by atoms with Gasteiger partial charge in [-0.3, -0.25) is 10.1 Å². The summed E-state index contributed by atoms with van der Waals surface area (Å²) >= 11 is 0. The number of non-ortho nitro benzene ring substituents is 1. The summed E-state index contributed by atoms with van der Waals surface area (Å²) in [6.07, 6.45) is 2.07. The Kier molecular flexibility index (Phi) is 16.7. The minimum Gasteiger partial charge on any atom is -0.744 e. The van der Waals surface area contributed by atoms with Gasteiger partial charge < -0.3 is 13.7 Å². The fourth-order valence-electron chi connectivity index (χ4n) is 3.61. The van der Waals surface area contributed by atoms with Gasteiger partial charge in [-0.25, -0.2) is 25.3 Å². The van der Waals surface area contributed by atoms with Crippen molar-refractivity contribution in [2.24, 2.45) is 20.5 Å². The molecular formula is C26H16N5Na3O11S3. The summed E-state index contributed by atoms with van der Waals surface area (Å²) in [5.74, 6) is 0. The molecule has 0 bridgehead atoms. The summed E-state index contributed by atoms with van der Waals surface area (Å²) in [4.78, 5) is 8.02. The third-order valence-corrected chi connectivity index (χ3v) is 8.36. The first-order valence-corrected chi connectivity index (χ1v) is 16.2. The minimum atomic E-state index is -5.15. The maximum absolute atomic E-state index is 12.0. The molecule has 0 fully saturated rings. The Morgan fingerprint density at radius 3 is 1.25 bits per heavy atom. The largest absolute Gasteiger partial charge is 1.00 e. The van der Waals surface area contributed by atoms with E-state index in [9.17, 15) is 49.0 Å². The van der Waals surface area contributed by atoms with E-state index in [4.69, 9.17) is 0 Å². The van der Waals surface area contributed by atoms with E-state index in [0.717, 1.165) is 42.5 Å². The molecule has 16 nitrogen and oxygen atoms in total. The predicted octanol–water partition coefficient (Wildman–Crippen LogP) is -3.68. The van der Waals surface area contributed by atoms with Gasteiger partial charge in [0.2, 0.25) is 0 Å². The molecule has 4 aromatic carbocycles. The number of hydrogen-bond donors (Lipinski definition) is 0. The number of nitro groups is 1. The molecule has 0 spiro atoms. The molecule has 22 heteroatoms. The summed E-state index contributed by atoms with van der Waals surface area (Å²) in [5.41, 5.74) is -0.170. The number of rotatable bonds is 10. The van der Waals surface area contributed by atoms with Crippen LogP contribution in [-0.4, -0.2) is 43.8 Å². The van der Waals surface area contributed by atoms with E-state index in [1.54, 1.807) is 0 Å². The Morgan fingerprint density at radius 1 is 0.500 bits per heavy atom. The third-order valence-electron chi connectivity index (χ3n) is 5.72. The van der Waals surface area contributed by atoms with E-state index < -0.39 is 55.7 Å². The van der Waals surface area contributed by atoms with Crippen molar-refractivity contribution in [1.82, 2.24) is 0 Å². The Morgan fingerprint density at radius 2 is 0.854 bits per heavy atom. The van der Waals surface area contributed by atoms with Gasteiger partial charge in [0.25, 0.3) is 5.69 Å². The number of benzene rings is 4. The molecule has 0 atom stereocenters. The van der Waals surface area contributed by atoms with Gasteiger partial charge >= 0.3 is 88.7 Å². The fourth-order valence-corrected chi connectivity index (χ4v) is 5.46. The minimum absolute atomic E-state index is 0. The molecule has 4 aromatic rings. The number of hydrogen-bond acceptors (Lipinski definition) is 15. The molecule has 0 saturated heterocycles. The van der Waals surface area contributed by atoms with Gasteiger partial charge in [-0.2, -0.15) is 20.5 Å². The first-order valence-electron chi connectivity index (χ1n) is 12.0. The zero-order valence-corrected chi connectivity index (χ0v) is 33.6. The van der Waals surface area contributed by atoms with Crippen molar-refractivity contribution in [3.63, 3.8) is 0 Å². The van der Waals surface area contributed by atoms with Crippen molar-refractivity contribution in [3.05, 3.63) is 106 Å². The second-order valence-electron chi connectivity index (χ2n) is 8.81. The van der Waals surface area contributed by atoms with Crippen LogP contribution in [0.1, 0.15) is 11.1 Å². The molecule has 232 valence electrons. The SMILES string of the molecule is O=[N+]([O-])c1ccc(C=Cc2ccc(N=Nc3ccc(N=Nc4ccc(S(=O)(=O)[O-])cc4)cc3)cc2S(=O)(=O)[O-])c(S(=O)(=O)[O-])c1.[Na+].[Na+].[Na+]. The molecule has 0 saturated carbocycles. The average molecular weight is 740 g/mol. The summed E-state index contributed by atoms with van der Waals surface area (Å²) in [6, 6.07) is 16.8. The molecule has 0 radical (unpaired) electrons. The van der Waals surface area contributed by atoms with Crippen LogP contribution in [0.4, 0.5) is 28.4 Å². The summed E-state index contributed by atoms with van der Waals surface area (Å²) in [7, 11) is -14.8. The van der Waals surface area contributed by atoms with Gasteiger partial charge in [-0.15, -0.1) is 0 Å². The van der Waals surface area contributed by atoms with E-state index in [-0.39, 0.29) is 111 Å². The molecular weight excluding hydrogens is 723 g/mol. The standard InChI is InChI=1S/C26H19N5O11S3.3Na/c32-31(33)23-12-4-18(26(16-23)45(40,41)42)2-1-17-3-5-22(15-25(17)44(37,38)39)30-29-20-8-6-19(7-9-20)27-28-21-10-13-24(14-11-21)43(34,35)36;;;/h1-16H,(H,34,35,36)(H,37,38,39)(H,40,41,42);;;/q;3*+1/p-3. The van der Waals surface area contributed by atoms with E-state index >= 15 is 0 Å². The summed E-state index contributed by atoms with van der Waals surface area (Å²) < 4.78 is 104. The first-order chi connectivity index (χ1) is 21.0. The van der Waals surface area contributed by atoms with Crippen LogP contribution in [-0.2, 0) is 30.4 Å². The normalized spacial score (nSPS) is 12.0. The fraction of sp³-hybridized carbons (Fsp3) is 0. The average Bonchev–Trinajstić information content (AvgIpc) is 2.97. The van der Waals surface area contributed by atoms with Gasteiger partial charge in [0.05, 0.1) is 42.4 Å². The van der Waals surface area contributed by atoms with Crippen LogP contribution in [0.2, 0.25) is 0 Å². The molecule has 4 rings (SSSR count). The van der Waals surface area contributed by atoms with Gasteiger partial charge in [0, 0.05) is 12.1 Å². The third kappa shape index (κ3) is 12.4. The van der Waals surface area contributed by atoms with Crippen LogP contribution < -0.4 is 88.7 Å². The van der Waals surface area contributed by atoms with E-state index in [1.165, 1.54) is 48.5 Å². The van der Waals surface area contributed by atoms with Crippen LogP contribution in [0.25, 0.3) is 12.2 Å². The van der Waals surface area contributed by atoms with Gasteiger partial charge in [-0.1, -0.05) is 18.2 Å². The van der Waals surface area contributed by atoms with E-state index in [1.807, 2.05) is 0 Å².